The molecule has 0 amide bonds. The van der Waals surface area contributed by atoms with Crippen LogP contribution in [0.5, 0.6) is 0 Å². The summed E-state index contributed by atoms with van der Waals surface area (Å²) in [6.45, 7) is 11.4. The van der Waals surface area contributed by atoms with Crippen molar-refractivity contribution in [1.82, 2.24) is 9.47 Å². The minimum absolute atomic E-state index is 0.186. The van der Waals surface area contributed by atoms with Crippen molar-refractivity contribution in [3.63, 3.8) is 0 Å². The molecule has 0 spiro atoms. The van der Waals surface area contributed by atoms with E-state index in [0.29, 0.717) is 44.3 Å². The largest absolute Gasteiger partial charge is 0.389 e. The number of hydrogen-bond donors (Lipinski definition) is 1. The molecule has 0 unspecified atom stereocenters. The smallest absolute Gasteiger partial charge is 0.128 e. The van der Waals surface area contributed by atoms with Gasteiger partial charge in [-0.1, -0.05) is 38.1 Å². The molecule has 154 valence electrons. The zero-order valence-corrected chi connectivity index (χ0v) is 17.1. The standard InChI is InChI=1S/C23H33FN2O2/c1-4-14-28-18-22(27)17-25(13-11-19(2)3)16-21-9-7-12-26(21)15-20-8-5-6-10-23(20)24/h4-10,12,19,22,27H,1,11,13-18H2,2-3H3/t22-/m0/s1. The van der Waals surface area contributed by atoms with E-state index in [1.165, 1.54) is 6.07 Å². The van der Waals surface area contributed by atoms with Crippen LogP contribution in [-0.4, -0.2) is 47.0 Å². The maximum absolute atomic E-state index is 14.0. The van der Waals surface area contributed by atoms with E-state index in [0.717, 1.165) is 18.7 Å². The molecule has 0 radical (unpaired) electrons. The quantitative estimate of drug-likeness (QED) is 0.415. The Morgan fingerprint density at radius 2 is 2.04 bits per heavy atom. The SMILES string of the molecule is C=CCOC[C@@H](O)CN(CCC(C)C)Cc1cccn1Cc1ccccc1F. The van der Waals surface area contributed by atoms with Gasteiger partial charge in [-0.05, 0) is 37.1 Å². The highest BCUT2D eigenvalue weighted by Crippen LogP contribution is 2.14. The van der Waals surface area contributed by atoms with E-state index >= 15 is 0 Å². The molecular weight excluding hydrogens is 355 g/mol. The van der Waals surface area contributed by atoms with Crippen LogP contribution in [0.25, 0.3) is 0 Å². The number of rotatable bonds is 13. The molecule has 1 aromatic heterocycles. The summed E-state index contributed by atoms with van der Waals surface area (Å²) < 4.78 is 21.5. The molecule has 4 nitrogen and oxygen atoms in total. The number of aliphatic hydroxyl groups is 1. The summed E-state index contributed by atoms with van der Waals surface area (Å²) in [6.07, 6.45) is 4.15. The van der Waals surface area contributed by atoms with Crippen LogP contribution in [0.3, 0.4) is 0 Å². The lowest BCUT2D eigenvalue weighted by Gasteiger charge is -2.26. The summed E-state index contributed by atoms with van der Waals surface area (Å²) in [7, 11) is 0. The zero-order chi connectivity index (χ0) is 20.4. The van der Waals surface area contributed by atoms with Gasteiger partial charge in [0, 0.05) is 30.5 Å². The molecule has 1 heterocycles. The molecular formula is C23H33FN2O2. The van der Waals surface area contributed by atoms with Crippen molar-refractivity contribution in [2.45, 2.75) is 39.5 Å². The van der Waals surface area contributed by atoms with Crippen LogP contribution in [0.1, 0.15) is 31.5 Å². The second kappa shape index (κ2) is 11.8. The molecule has 0 aliphatic heterocycles. The molecule has 2 aromatic rings. The molecule has 1 atom stereocenters. The Kier molecular flexibility index (Phi) is 9.41. The molecule has 1 N–H and O–H groups in total. The predicted molar refractivity (Wildman–Crippen MR) is 112 cm³/mol. The van der Waals surface area contributed by atoms with Gasteiger partial charge in [-0.15, -0.1) is 6.58 Å². The van der Waals surface area contributed by atoms with Crippen LogP contribution < -0.4 is 0 Å². The number of hydrogen-bond acceptors (Lipinski definition) is 3. The molecule has 5 heteroatoms. The minimum Gasteiger partial charge on any atom is -0.389 e. The maximum atomic E-state index is 14.0. The second-order valence-electron chi connectivity index (χ2n) is 7.62. The van der Waals surface area contributed by atoms with Crippen LogP contribution >= 0.6 is 0 Å². The molecule has 0 saturated heterocycles. The van der Waals surface area contributed by atoms with E-state index in [-0.39, 0.29) is 5.82 Å². The first kappa shape index (κ1) is 22.3. The van der Waals surface area contributed by atoms with Crippen LogP contribution in [0.2, 0.25) is 0 Å². The Labute approximate surface area is 168 Å². The Hall–Kier alpha value is -1.95. The fourth-order valence-corrected chi connectivity index (χ4v) is 3.10. The first-order valence-electron chi connectivity index (χ1n) is 9.96. The van der Waals surface area contributed by atoms with E-state index in [4.69, 9.17) is 4.74 Å². The van der Waals surface area contributed by atoms with E-state index < -0.39 is 6.10 Å². The Morgan fingerprint density at radius 1 is 1.25 bits per heavy atom. The van der Waals surface area contributed by atoms with Gasteiger partial charge in [0.25, 0.3) is 0 Å². The zero-order valence-electron chi connectivity index (χ0n) is 17.1. The average molecular weight is 389 g/mol. The molecule has 0 aliphatic rings. The fraction of sp³-hybridized carbons (Fsp3) is 0.478. The minimum atomic E-state index is -0.554. The number of halogens is 1. The molecule has 2 rings (SSSR count). The molecule has 0 bridgehead atoms. The monoisotopic (exact) mass is 388 g/mol. The molecule has 1 aromatic carbocycles. The predicted octanol–water partition coefficient (Wildman–Crippen LogP) is 4.09. The number of ether oxygens (including phenoxy) is 1. The van der Waals surface area contributed by atoms with Gasteiger partial charge in [0.05, 0.1) is 25.9 Å². The third-order valence-electron chi connectivity index (χ3n) is 4.65. The highest BCUT2D eigenvalue weighted by Gasteiger charge is 2.15. The Balaban J connectivity index is 2.03. The summed E-state index contributed by atoms with van der Waals surface area (Å²) in [4.78, 5) is 2.25. The lowest BCUT2D eigenvalue weighted by atomic mass is 10.1. The molecule has 0 saturated carbocycles. The van der Waals surface area contributed by atoms with Crippen molar-refractivity contribution < 1.29 is 14.2 Å². The summed E-state index contributed by atoms with van der Waals surface area (Å²) in [5.74, 6) is 0.399. The van der Waals surface area contributed by atoms with E-state index in [9.17, 15) is 9.50 Å². The van der Waals surface area contributed by atoms with Crippen molar-refractivity contribution in [1.29, 1.82) is 0 Å². The Morgan fingerprint density at radius 3 is 2.75 bits per heavy atom. The summed E-state index contributed by atoms with van der Waals surface area (Å²) in [6, 6.07) is 10.9. The molecule has 0 aliphatic carbocycles. The van der Waals surface area contributed by atoms with Gasteiger partial charge in [0.15, 0.2) is 0 Å². The fourth-order valence-electron chi connectivity index (χ4n) is 3.10. The van der Waals surface area contributed by atoms with Crippen molar-refractivity contribution in [2.75, 3.05) is 26.3 Å². The van der Waals surface area contributed by atoms with Gasteiger partial charge < -0.3 is 14.4 Å². The summed E-state index contributed by atoms with van der Waals surface area (Å²) in [5.41, 5.74) is 1.78. The van der Waals surface area contributed by atoms with Gasteiger partial charge >= 0.3 is 0 Å². The number of aliphatic hydroxyl groups excluding tert-OH is 1. The third kappa shape index (κ3) is 7.58. The topological polar surface area (TPSA) is 37.6 Å². The van der Waals surface area contributed by atoms with Crippen molar-refractivity contribution in [3.8, 4) is 0 Å². The number of benzene rings is 1. The summed E-state index contributed by atoms with van der Waals surface area (Å²) >= 11 is 0. The third-order valence-corrected chi connectivity index (χ3v) is 4.65. The van der Waals surface area contributed by atoms with E-state index in [1.54, 1.807) is 12.1 Å². The van der Waals surface area contributed by atoms with Gasteiger partial charge in [-0.3, -0.25) is 4.90 Å². The van der Waals surface area contributed by atoms with Crippen LogP contribution in [0.15, 0.2) is 55.3 Å². The van der Waals surface area contributed by atoms with Crippen LogP contribution in [0.4, 0.5) is 4.39 Å². The van der Waals surface area contributed by atoms with E-state index in [1.807, 2.05) is 24.4 Å². The molecule has 28 heavy (non-hydrogen) atoms. The lowest BCUT2D eigenvalue weighted by Crippen LogP contribution is -2.36. The molecule has 0 fully saturated rings. The van der Waals surface area contributed by atoms with Crippen molar-refractivity contribution in [2.24, 2.45) is 5.92 Å². The van der Waals surface area contributed by atoms with Gasteiger partial charge in [0.1, 0.15) is 5.82 Å². The Bertz CT molecular complexity index is 714. The number of nitrogens with zero attached hydrogens (tertiary/aromatic N) is 2. The summed E-state index contributed by atoms with van der Waals surface area (Å²) in [5, 5.41) is 10.3. The second-order valence-corrected chi connectivity index (χ2v) is 7.62. The van der Waals surface area contributed by atoms with Gasteiger partial charge in [-0.2, -0.15) is 0 Å². The normalized spacial score (nSPS) is 12.6. The van der Waals surface area contributed by atoms with Crippen molar-refractivity contribution in [3.05, 3.63) is 72.3 Å². The first-order valence-corrected chi connectivity index (χ1v) is 9.96. The van der Waals surface area contributed by atoms with E-state index in [2.05, 4.69) is 36.0 Å². The van der Waals surface area contributed by atoms with Gasteiger partial charge in [-0.25, -0.2) is 4.39 Å². The maximum Gasteiger partial charge on any atom is 0.128 e. The highest BCUT2D eigenvalue weighted by molar-refractivity contribution is 5.19. The van der Waals surface area contributed by atoms with Crippen LogP contribution in [0, 0.1) is 11.7 Å². The first-order chi connectivity index (χ1) is 13.5. The number of aromatic nitrogens is 1. The lowest BCUT2D eigenvalue weighted by molar-refractivity contribution is 0.0233. The van der Waals surface area contributed by atoms with Crippen molar-refractivity contribution >= 4 is 0 Å². The van der Waals surface area contributed by atoms with Gasteiger partial charge in [0.2, 0.25) is 0 Å². The van der Waals surface area contributed by atoms with Crippen LogP contribution in [-0.2, 0) is 17.8 Å². The average Bonchev–Trinajstić information content (AvgIpc) is 3.08. The highest BCUT2D eigenvalue weighted by atomic mass is 19.1.